The third-order valence-electron chi connectivity index (χ3n) is 1.86. The summed E-state index contributed by atoms with van der Waals surface area (Å²) in [6.07, 6.45) is 0.854. The van der Waals surface area contributed by atoms with Crippen LogP contribution >= 0.6 is 0 Å². The summed E-state index contributed by atoms with van der Waals surface area (Å²) in [5.41, 5.74) is 5.24. The van der Waals surface area contributed by atoms with Crippen molar-refractivity contribution in [3.05, 3.63) is 0 Å². The molecule has 17 heavy (non-hydrogen) atoms. The zero-order valence-corrected chi connectivity index (χ0v) is 11.0. The highest BCUT2D eigenvalue weighted by atomic mass is 32.2. The lowest BCUT2D eigenvalue weighted by Crippen LogP contribution is -2.30. The van der Waals surface area contributed by atoms with E-state index in [9.17, 15) is 8.42 Å². The minimum absolute atomic E-state index is 0.0192. The minimum Gasteiger partial charge on any atom is -0.409 e. The Morgan fingerprint density at radius 1 is 1.53 bits per heavy atom. The van der Waals surface area contributed by atoms with Gasteiger partial charge in [0.1, 0.15) is 5.84 Å². The van der Waals surface area contributed by atoms with Gasteiger partial charge in [-0.3, -0.25) is 0 Å². The van der Waals surface area contributed by atoms with Gasteiger partial charge < -0.3 is 15.7 Å². The van der Waals surface area contributed by atoms with Gasteiger partial charge in [0.05, 0.1) is 18.5 Å². The largest absolute Gasteiger partial charge is 0.409 e. The van der Waals surface area contributed by atoms with E-state index in [4.69, 9.17) is 15.7 Å². The second-order valence-electron chi connectivity index (χ2n) is 3.83. The first-order valence-electron chi connectivity index (χ1n) is 5.42. The highest BCUT2D eigenvalue weighted by Crippen LogP contribution is 1.93. The fraction of sp³-hybridized carbons (Fsp3) is 0.889. The third-order valence-corrected chi connectivity index (χ3v) is 3.21. The molecule has 0 aliphatic rings. The van der Waals surface area contributed by atoms with Gasteiger partial charge in [-0.2, -0.15) is 0 Å². The van der Waals surface area contributed by atoms with Crippen LogP contribution in [0.2, 0.25) is 0 Å². The first-order chi connectivity index (χ1) is 7.87. The molecule has 0 aromatic heterocycles. The third kappa shape index (κ3) is 10.0. The quantitative estimate of drug-likeness (QED) is 0.177. The predicted octanol–water partition coefficient (Wildman–Crippen LogP) is -0.143. The number of oxime groups is 1. The van der Waals surface area contributed by atoms with Crippen molar-refractivity contribution in [2.24, 2.45) is 10.9 Å². The molecule has 0 aliphatic heterocycles. The smallest absolute Gasteiger partial charge is 0.213 e. The maximum atomic E-state index is 11.4. The molecule has 0 fully saturated rings. The lowest BCUT2D eigenvalue weighted by atomic mass is 10.3. The Labute approximate surface area is 102 Å². The molecule has 0 bridgehead atoms. The van der Waals surface area contributed by atoms with E-state index in [2.05, 4.69) is 9.88 Å². The average molecular weight is 267 g/mol. The van der Waals surface area contributed by atoms with Crippen molar-refractivity contribution in [3.8, 4) is 0 Å². The molecule has 7 nitrogen and oxygen atoms in total. The number of sulfonamides is 1. The van der Waals surface area contributed by atoms with Crippen LogP contribution in [-0.4, -0.2) is 44.5 Å². The molecule has 8 heteroatoms. The molecule has 0 atom stereocenters. The highest BCUT2D eigenvalue weighted by molar-refractivity contribution is 7.89. The Bertz CT molecular complexity index is 327. The van der Waals surface area contributed by atoms with Crippen LogP contribution in [0.25, 0.3) is 0 Å². The molecule has 0 radical (unpaired) electrons. The second-order valence-corrected chi connectivity index (χ2v) is 5.75. The van der Waals surface area contributed by atoms with E-state index in [0.717, 1.165) is 0 Å². The van der Waals surface area contributed by atoms with Gasteiger partial charge in [-0.1, -0.05) is 5.16 Å². The number of hydrogen-bond donors (Lipinski definition) is 3. The fourth-order valence-corrected chi connectivity index (χ4v) is 1.93. The Hall–Kier alpha value is -0.860. The molecule has 0 aliphatic carbocycles. The number of amidine groups is 1. The predicted molar refractivity (Wildman–Crippen MR) is 65.5 cm³/mol. The summed E-state index contributed by atoms with van der Waals surface area (Å²) in [5, 5.41) is 11.1. The zero-order chi connectivity index (χ0) is 13.3. The molecule has 0 aromatic rings. The molecular formula is C9H21N3O4S. The van der Waals surface area contributed by atoms with Crippen LogP contribution in [0, 0.1) is 0 Å². The van der Waals surface area contributed by atoms with Crippen molar-refractivity contribution in [1.82, 2.24) is 4.72 Å². The van der Waals surface area contributed by atoms with Gasteiger partial charge in [0.2, 0.25) is 10.0 Å². The molecule has 0 saturated carbocycles. The van der Waals surface area contributed by atoms with Crippen LogP contribution in [0.5, 0.6) is 0 Å². The number of ether oxygens (including phenoxy) is 1. The summed E-state index contributed by atoms with van der Waals surface area (Å²) < 4.78 is 30.4. The first-order valence-corrected chi connectivity index (χ1v) is 7.08. The topological polar surface area (TPSA) is 114 Å². The number of nitrogens with zero attached hydrogens (tertiary/aromatic N) is 1. The van der Waals surface area contributed by atoms with Crippen molar-refractivity contribution in [3.63, 3.8) is 0 Å². The molecule has 0 saturated heterocycles. The Balaban J connectivity index is 3.72. The molecule has 0 spiro atoms. The Kier molecular flexibility index (Phi) is 7.85. The van der Waals surface area contributed by atoms with Crippen molar-refractivity contribution >= 4 is 15.9 Å². The lowest BCUT2D eigenvalue weighted by Gasteiger charge is -2.09. The van der Waals surface area contributed by atoms with E-state index < -0.39 is 10.0 Å². The van der Waals surface area contributed by atoms with Gasteiger partial charge in [0, 0.05) is 13.0 Å². The standard InChI is InChI=1S/C9H21N3O4S/c1-8(2)16-6-7-17(14,15)11-5-3-4-9(10)12-13/h8,11,13H,3-7H2,1-2H3,(H2,10,12). The van der Waals surface area contributed by atoms with Gasteiger partial charge in [-0.15, -0.1) is 0 Å². The molecule has 0 amide bonds. The lowest BCUT2D eigenvalue weighted by molar-refractivity contribution is 0.0911. The van der Waals surface area contributed by atoms with Gasteiger partial charge in [0.15, 0.2) is 0 Å². The molecule has 0 unspecified atom stereocenters. The van der Waals surface area contributed by atoms with E-state index in [1.165, 1.54) is 0 Å². The van der Waals surface area contributed by atoms with Crippen LogP contribution in [0.3, 0.4) is 0 Å². The average Bonchev–Trinajstić information content (AvgIpc) is 2.23. The Morgan fingerprint density at radius 2 is 2.18 bits per heavy atom. The summed E-state index contributed by atoms with van der Waals surface area (Å²) in [6, 6.07) is 0. The van der Waals surface area contributed by atoms with Crippen LogP contribution in [-0.2, 0) is 14.8 Å². The van der Waals surface area contributed by atoms with E-state index in [0.29, 0.717) is 12.8 Å². The molecule has 102 valence electrons. The summed E-state index contributed by atoms with van der Waals surface area (Å²) in [7, 11) is -3.30. The fourth-order valence-electron chi connectivity index (χ4n) is 1.01. The van der Waals surface area contributed by atoms with Gasteiger partial charge in [-0.05, 0) is 20.3 Å². The summed E-state index contributed by atoms with van der Waals surface area (Å²) in [5.74, 6) is 0.0294. The SMILES string of the molecule is CC(C)OCCS(=O)(=O)NCCCC(N)=NO. The number of nitrogens with two attached hydrogens (primary N) is 1. The number of rotatable bonds is 9. The van der Waals surface area contributed by atoms with E-state index in [1.54, 1.807) is 0 Å². The molecule has 0 rings (SSSR count). The van der Waals surface area contributed by atoms with Crippen LogP contribution in [0.1, 0.15) is 26.7 Å². The highest BCUT2D eigenvalue weighted by Gasteiger charge is 2.09. The van der Waals surface area contributed by atoms with Crippen molar-refractivity contribution in [2.45, 2.75) is 32.8 Å². The van der Waals surface area contributed by atoms with Crippen molar-refractivity contribution in [1.29, 1.82) is 0 Å². The van der Waals surface area contributed by atoms with Gasteiger partial charge in [0.25, 0.3) is 0 Å². The van der Waals surface area contributed by atoms with E-state index in [1.807, 2.05) is 13.8 Å². The maximum Gasteiger partial charge on any atom is 0.213 e. The molecule has 0 heterocycles. The van der Waals surface area contributed by atoms with E-state index >= 15 is 0 Å². The first kappa shape index (κ1) is 16.1. The molecular weight excluding hydrogens is 246 g/mol. The summed E-state index contributed by atoms with van der Waals surface area (Å²) in [4.78, 5) is 0. The number of hydrogen-bond acceptors (Lipinski definition) is 5. The minimum atomic E-state index is -3.30. The van der Waals surface area contributed by atoms with Crippen LogP contribution < -0.4 is 10.5 Å². The van der Waals surface area contributed by atoms with E-state index in [-0.39, 0.29) is 30.8 Å². The van der Waals surface area contributed by atoms with Gasteiger partial charge >= 0.3 is 0 Å². The van der Waals surface area contributed by atoms with Crippen LogP contribution in [0.4, 0.5) is 0 Å². The Morgan fingerprint density at radius 3 is 2.71 bits per heavy atom. The second kappa shape index (κ2) is 8.26. The normalized spacial score (nSPS) is 13.2. The monoisotopic (exact) mass is 267 g/mol. The number of nitrogens with one attached hydrogen (secondary N) is 1. The zero-order valence-electron chi connectivity index (χ0n) is 10.2. The summed E-state index contributed by atoms with van der Waals surface area (Å²) in [6.45, 7) is 4.13. The van der Waals surface area contributed by atoms with Gasteiger partial charge in [-0.25, -0.2) is 13.1 Å². The van der Waals surface area contributed by atoms with Crippen molar-refractivity contribution in [2.75, 3.05) is 18.9 Å². The molecule has 4 N–H and O–H groups in total. The van der Waals surface area contributed by atoms with Crippen molar-refractivity contribution < 1.29 is 18.4 Å². The van der Waals surface area contributed by atoms with Crippen LogP contribution in [0.15, 0.2) is 5.16 Å². The molecule has 0 aromatic carbocycles. The maximum absolute atomic E-state index is 11.4. The summed E-state index contributed by atoms with van der Waals surface area (Å²) >= 11 is 0.